The largest absolute Gasteiger partial charge is 0.495 e. The number of benzene rings is 1. The number of rotatable bonds is 7. The molecule has 0 bridgehead atoms. The molecule has 0 amide bonds. The molecule has 2 aromatic heterocycles. The third-order valence-corrected chi connectivity index (χ3v) is 8.30. The molecular weight excluding hydrogens is 490 g/mol. The lowest BCUT2D eigenvalue weighted by Gasteiger charge is -2.32. The van der Waals surface area contributed by atoms with Crippen molar-refractivity contribution < 1.29 is 17.6 Å². The Bertz CT molecular complexity index is 1340. The van der Waals surface area contributed by atoms with Gasteiger partial charge in [0, 0.05) is 44.7 Å². The maximum absolute atomic E-state index is 11.8. The van der Waals surface area contributed by atoms with Gasteiger partial charge in [-0.05, 0) is 37.0 Å². The fourth-order valence-corrected chi connectivity index (χ4v) is 5.93. The van der Waals surface area contributed by atoms with E-state index >= 15 is 0 Å². The summed E-state index contributed by atoms with van der Waals surface area (Å²) >= 11 is 6.32. The Kier molecular flexibility index (Phi) is 6.89. The molecule has 2 aliphatic rings. The molecule has 188 valence electrons. The van der Waals surface area contributed by atoms with Gasteiger partial charge in [0.05, 0.1) is 30.3 Å². The monoisotopic (exact) mass is 519 g/mol. The molecule has 3 aromatic rings. The molecule has 3 heterocycles. The highest BCUT2D eigenvalue weighted by molar-refractivity contribution is 7.88. The predicted molar refractivity (Wildman–Crippen MR) is 135 cm³/mol. The van der Waals surface area contributed by atoms with Crippen molar-refractivity contribution in [1.29, 1.82) is 0 Å². The van der Waals surface area contributed by atoms with E-state index in [1.54, 1.807) is 7.11 Å². The minimum atomic E-state index is -3.17. The van der Waals surface area contributed by atoms with Crippen LogP contribution in [-0.2, 0) is 36.0 Å². The van der Waals surface area contributed by atoms with Crippen LogP contribution in [0.25, 0.3) is 11.1 Å². The van der Waals surface area contributed by atoms with Crippen molar-refractivity contribution in [2.24, 2.45) is 0 Å². The second kappa shape index (κ2) is 9.93. The zero-order chi connectivity index (χ0) is 24.6. The number of aryl methyl sites for hydroxylation is 2. The van der Waals surface area contributed by atoms with E-state index in [4.69, 9.17) is 30.7 Å². The Morgan fingerprint density at radius 2 is 1.91 bits per heavy atom. The van der Waals surface area contributed by atoms with Crippen LogP contribution in [0.1, 0.15) is 35.6 Å². The third-order valence-electron chi connectivity index (χ3n) is 6.70. The summed E-state index contributed by atoms with van der Waals surface area (Å²) in [6.07, 6.45) is 5.38. The Morgan fingerprint density at radius 3 is 2.63 bits per heavy atom. The van der Waals surface area contributed by atoms with Gasteiger partial charge in [-0.2, -0.15) is 9.29 Å². The Hall–Kier alpha value is -2.40. The first kappa shape index (κ1) is 24.3. The van der Waals surface area contributed by atoms with Crippen molar-refractivity contribution in [3.05, 3.63) is 45.9 Å². The number of nitrogens with zero attached hydrogens (tertiary/aromatic N) is 4. The molecule has 5 rings (SSSR count). The fourth-order valence-electron chi connectivity index (χ4n) is 4.83. The number of piperazine rings is 1. The fraction of sp³-hybridized carbons (Fsp3) is 0.500. The van der Waals surface area contributed by atoms with Crippen LogP contribution in [0.4, 0.5) is 5.82 Å². The van der Waals surface area contributed by atoms with Crippen molar-refractivity contribution >= 4 is 38.5 Å². The molecule has 11 heteroatoms. The van der Waals surface area contributed by atoms with Crippen LogP contribution in [0, 0.1) is 0 Å². The number of anilines is 1. The standard InChI is InChI=1S/C24H30ClN5O4S/c1-33-20-8-7-16(13-18(20)25)14-26-23-22-17-5-3-4-6-19(17)34-24(22)28-21(27-23)15-29-9-11-30(12-10-29)35(2,31)32/h7-8,13H,3-6,9-12,14-15H2,1-2H3,(H,26,27,28). The van der Waals surface area contributed by atoms with Gasteiger partial charge in [0.2, 0.25) is 15.7 Å². The minimum Gasteiger partial charge on any atom is -0.495 e. The summed E-state index contributed by atoms with van der Waals surface area (Å²) in [6.45, 7) is 3.29. The van der Waals surface area contributed by atoms with E-state index in [1.807, 2.05) is 18.2 Å². The number of furan rings is 1. The van der Waals surface area contributed by atoms with Gasteiger partial charge < -0.3 is 14.5 Å². The van der Waals surface area contributed by atoms with Crippen LogP contribution >= 0.6 is 11.6 Å². The summed E-state index contributed by atoms with van der Waals surface area (Å²) < 4.78 is 36.6. The second-order valence-electron chi connectivity index (χ2n) is 9.14. The normalized spacial score (nSPS) is 17.5. The van der Waals surface area contributed by atoms with Crippen LogP contribution in [0.15, 0.2) is 22.6 Å². The van der Waals surface area contributed by atoms with E-state index in [2.05, 4.69) is 10.2 Å². The number of sulfonamides is 1. The van der Waals surface area contributed by atoms with Gasteiger partial charge in [-0.15, -0.1) is 0 Å². The molecule has 1 aliphatic heterocycles. The van der Waals surface area contributed by atoms with Gasteiger partial charge in [0.15, 0.2) is 0 Å². The smallest absolute Gasteiger partial charge is 0.232 e. The van der Waals surface area contributed by atoms with Crippen molar-refractivity contribution in [3.63, 3.8) is 0 Å². The van der Waals surface area contributed by atoms with Crippen LogP contribution in [0.5, 0.6) is 5.75 Å². The number of hydrogen-bond donors (Lipinski definition) is 1. The number of ether oxygens (including phenoxy) is 1. The molecule has 0 atom stereocenters. The number of fused-ring (bicyclic) bond motifs is 3. The highest BCUT2D eigenvalue weighted by Crippen LogP contribution is 2.35. The van der Waals surface area contributed by atoms with Crippen molar-refractivity contribution in [1.82, 2.24) is 19.2 Å². The lowest BCUT2D eigenvalue weighted by molar-refractivity contribution is 0.178. The van der Waals surface area contributed by atoms with Crippen LogP contribution in [-0.4, -0.2) is 67.1 Å². The van der Waals surface area contributed by atoms with Gasteiger partial charge in [-0.3, -0.25) is 4.90 Å². The highest BCUT2D eigenvalue weighted by Gasteiger charge is 2.26. The quantitative estimate of drug-likeness (QED) is 0.506. The summed E-state index contributed by atoms with van der Waals surface area (Å²) in [5, 5.41) is 5.02. The molecule has 1 N–H and O–H groups in total. The number of halogens is 1. The Balaban J connectivity index is 1.40. The van der Waals surface area contributed by atoms with Crippen LogP contribution in [0.2, 0.25) is 5.02 Å². The maximum atomic E-state index is 11.8. The molecular formula is C24H30ClN5O4S. The van der Waals surface area contributed by atoms with Gasteiger partial charge in [-0.25, -0.2) is 13.4 Å². The van der Waals surface area contributed by atoms with E-state index in [0.29, 0.717) is 61.6 Å². The molecule has 1 fully saturated rings. The summed E-state index contributed by atoms with van der Waals surface area (Å²) in [5.41, 5.74) is 2.83. The zero-order valence-electron chi connectivity index (χ0n) is 20.0. The topological polar surface area (TPSA) is 101 Å². The predicted octanol–water partition coefficient (Wildman–Crippen LogP) is 3.45. The molecule has 1 aromatic carbocycles. The van der Waals surface area contributed by atoms with E-state index in [-0.39, 0.29) is 0 Å². The molecule has 0 radical (unpaired) electrons. The summed E-state index contributed by atoms with van der Waals surface area (Å²) in [7, 11) is -1.57. The van der Waals surface area contributed by atoms with Crippen LogP contribution < -0.4 is 10.1 Å². The molecule has 0 saturated carbocycles. The van der Waals surface area contributed by atoms with Gasteiger partial charge in [0.25, 0.3) is 0 Å². The van der Waals surface area contributed by atoms with E-state index in [1.165, 1.54) is 16.1 Å². The third kappa shape index (κ3) is 5.25. The van der Waals surface area contributed by atoms with E-state index < -0.39 is 10.0 Å². The first-order chi connectivity index (χ1) is 16.8. The molecule has 35 heavy (non-hydrogen) atoms. The van der Waals surface area contributed by atoms with Crippen LogP contribution in [0.3, 0.4) is 0 Å². The SMILES string of the molecule is COc1ccc(CNc2nc(CN3CCN(S(C)(=O)=O)CC3)nc3oc4c(c23)CCCC4)cc1Cl. The maximum Gasteiger partial charge on any atom is 0.232 e. The van der Waals surface area contributed by atoms with Gasteiger partial charge >= 0.3 is 0 Å². The minimum absolute atomic E-state index is 0.472. The number of aromatic nitrogens is 2. The van der Waals surface area contributed by atoms with E-state index in [0.717, 1.165) is 48.2 Å². The number of methoxy groups -OCH3 is 1. The van der Waals surface area contributed by atoms with Gasteiger partial charge in [-0.1, -0.05) is 17.7 Å². The lowest BCUT2D eigenvalue weighted by atomic mass is 9.96. The second-order valence-corrected chi connectivity index (χ2v) is 11.5. The number of nitrogens with one attached hydrogen (secondary N) is 1. The van der Waals surface area contributed by atoms with E-state index in [9.17, 15) is 8.42 Å². The lowest BCUT2D eigenvalue weighted by Crippen LogP contribution is -2.48. The zero-order valence-corrected chi connectivity index (χ0v) is 21.6. The Morgan fingerprint density at radius 1 is 1.14 bits per heavy atom. The first-order valence-corrected chi connectivity index (χ1v) is 14.1. The summed E-state index contributed by atoms with van der Waals surface area (Å²) in [5.74, 6) is 3.07. The van der Waals surface area contributed by atoms with Crippen molar-refractivity contribution in [3.8, 4) is 5.75 Å². The average Bonchev–Trinajstić information content (AvgIpc) is 3.21. The molecule has 0 spiro atoms. The average molecular weight is 520 g/mol. The molecule has 1 aliphatic carbocycles. The molecule has 9 nitrogen and oxygen atoms in total. The van der Waals surface area contributed by atoms with Gasteiger partial charge in [0.1, 0.15) is 23.2 Å². The molecule has 1 saturated heterocycles. The number of hydrogen-bond acceptors (Lipinski definition) is 8. The summed E-state index contributed by atoms with van der Waals surface area (Å²) in [6, 6.07) is 5.72. The Labute approximate surface area is 210 Å². The first-order valence-electron chi connectivity index (χ1n) is 11.9. The van der Waals surface area contributed by atoms with Crippen molar-refractivity contribution in [2.75, 3.05) is 44.9 Å². The highest BCUT2D eigenvalue weighted by atomic mass is 35.5. The summed E-state index contributed by atoms with van der Waals surface area (Å²) in [4.78, 5) is 11.8. The van der Waals surface area contributed by atoms with Crippen molar-refractivity contribution in [2.45, 2.75) is 38.8 Å². The molecule has 0 unspecified atom stereocenters.